The van der Waals surface area contributed by atoms with Crippen LogP contribution in [0.5, 0.6) is 0 Å². The van der Waals surface area contributed by atoms with E-state index in [4.69, 9.17) is 4.74 Å². The second kappa shape index (κ2) is 10.4. The van der Waals surface area contributed by atoms with Crippen molar-refractivity contribution in [1.29, 1.82) is 0 Å². The zero-order valence-electron chi connectivity index (χ0n) is 20.0. The lowest BCUT2D eigenvalue weighted by Gasteiger charge is -2.22. The van der Waals surface area contributed by atoms with Gasteiger partial charge in [0, 0.05) is 11.3 Å². The Labute approximate surface area is 202 Å². The summed E-state index contributed by atoms with van der Waals surface area (Å²) >= 11 is 0. The van der Waals surface area contributed by atoms with Crippen LogP contribution < -0.4 is 5.32 Å². The predicted octanol–water partition coefficient (Wildman–Crippen LogP) is 7.84. The van der Waals surface area contributed by atoms with Crippen LogP contribution in [0.1, 0.15) is 42.3 Å². The summed E-state index contributed by atoms with van der Waals surface area (Å²) in [6.07, 6.45) is 1.82. The molecule has 3 heteroatoms. The zero-order valence-corrected chi connectivity index (χ0v) is 20.0. The smallest absolute Gasteiger partial charge is 0.340 e. The topological polar surface area (TPSA) is 38.3 Å². The third-order valence-corrected chi connectivity index (χ3v) is 5.53. The van der Waals surface area contributed by atoms with Gasteiger partial charge in [0.2, 0.25) is 0 Å². The summed E-state index contributed by atoms with van der Waals surface area (Å²) in [5.74, 6) is -0.332. The second-order valence-electron chi connectivity index (χ2n) is 9.40. The third kappa shape index (κ3) is 6.14. The summed E-state index contributed by atoms with van der Waals surface area (Å²) in [5, 5.41) is 3.54. The van der Waals surface area contributed by atoms with E-state index in [1.165, 1.54) is 5.56 Å². The summed E-state index contributed by atoms with van der Waals surface area (Å²) in [5.41, 5.74) is 6.31. The molecule has 0 radical (unpaired) electrons. The van der Waals surface area contributed by atoms with Gasteiger partial charge in [-0.2, -0.15) is 0 Å². The molecule has 0 atom stereocenters. The molecule has 0 aliphatic rings. The second-order valence-corrected chi connectivity index (χ2v) is 9.40. The Morgan fingerprint density at radius 3 is 2.03 bits per heavy atom. The number of esters is 1. The van der Waals surface area contributed by atoms with Crippen LogP contribution in [0.2, 0.25) is 0 Å². The van der Waals surface area contributed by atoms with Gasteiger partial charge in [0.25, 0.3) is 0 Å². The number of ether oxygens (including phenoxy) is 1. The molecule has 0 bridgehead atoms. The van der Waals surface area contributed by atoms with Crippen molar-refractivity contribution in [2.75, 3.05) is 5.32 Å². The van der Waals surface area contributed by atoms with Gasteiger partial charge in [-0.15, -0.1) is 0 Å². The number of anilines is 2. The highest BCUT2D eigenvalue weighted by molar-refractivity contribution is 5.97. The molecule has 0 heterocycles. The van der Waals surface area contributed by atoms with Crippen LogP contribution in [-0.2, 0) is 17.6 Å². The van der Waals surface area contributed by atoms with E-state index in [-0.39, 0.29) is 5.97 Å². The summed E-state index contributed by atoms with van der Waals surface area (Å²) in [6, 6.07) is 34.8. The first kappa shape index (κ1) is 23.3. The van der Waals surface area contributed by atoms with Gasteiger partial charge in [-0.25, -0.2) is 4.79 Å². The number of rotatable bonds is 7. The Kier molecular flexibility index (Phi) is 7.12. The minimum Gasteiger partial charge on any atom is -0.456 e. The summed E-state index contributed by atoms with van der Waals surface area (Å²) < 4.78 is 5.71. The van der Waals surface area contributed by atoms with Crippen molar-refractivity contribution >= 4 is 17.3 Å². The molecule has 0 saturated heterocycles. The first-order chi connectivity index (χ1) is 16.4. The molecule has 0 saturated carbocycles. The molecule has 0 amide bonds. The normalized spacial score (nSPS) is 11.1. The van der Waals surface area contributed by atoms with E-state index in [0.717, 1.165) is 40.9 Å². The van der Waals surface area contributed by atoms with E-state index < -0.39 is 5.60 Å². The average molecular weight is 450 g/mol. The maximum atomic E-state index is 13.1. The number of hydrogen-bond donors (Lipinski definition) is 1. The number of aryl methyl sites for hydroxylation is 2. The molecular formula is C31H31NO2. The number of carbonyl (C=O) groups excluding carboxylic acids is 1. The summed E-state index contributed by atoms with van der Waals surface area (Å²) in [7, 11) is 0. The first-order valence-corrected chi connectivity index (χ1v) is 11.7. The van der Waals surface area contributed by atoms with E-state index in [1.54, 1.807) is 0 Å². The molecule has 0 aromatic heterocycles. The van der Waals surface area contributed by atoms with Crippen molar-refractivity contribution in [3.8, 4) is 11.1 Å². The van der Waals surface area contributed by atoms with Crippen LogP contribution in [-0.4, -0.2) is 11.6 Å². The standard InChI is InChI=1S/C31H31NO2/c1-31(2,3)34-30(33)27-21-20-24(19-18-23-12-6-4-7-13-23)22-29(27)32-28-17-11-10-16-26(28)25-14-8-5-9-15-25/h4-17,20-22,32H,18-19H2,1-3H3. The van der Waals surface area contributed by atoms with E-state index >= 15 is 0 Å². The third-order valence-electron chi connectivity index (χ3n) is 5.53. The minimum atomic E-state index is -0.567. The molecule has 4 rings (SSSR count). The fourth-order valence-electron chi connectivity index (χ4n) is 3.90. The van der Waals surface area contributed by atoms with Crippen molar-refractivity contribution in [2.45, 2.75) is 39.2 Å². The van der Waals surface area contributed by atoms with Crippen molar-refractivity contribution < 1.29 is 9.53 Å². The van der Waals surface area contributed by atoms with Crippen LogP contribution in [0.15, 0.2) is 103 Å². The molecule has 1 N–H and O–H groups in total. The van der Waals surface area contributed by atoms with Gasteiger partial charge in [-0.3, -0.25) is 0 Å². The largest absolute Gasteiger partial charge is 0.456 e. The highest BCUT2D eigenvalue weighted by Crippen LogP contribution is 2.32. The van der Waals surface area contributed by atoms with Crippen molar-refractivity contribution in [2.24, 2.45) is 0 Å². The molecule has 4 aromatic carbocycles. The van der Waals surface area contributed by atoms with Crippen LogP contribution >= 0.6 is 0 Å². The van der Waals surface area contributed by atoms with Gasteiger partial charge in [0.15, 0.2) is 0 Å². The maximum Gasteiger partial charge on any atom is 0.340 e. The van der Waals surface area contributed by atoms with Crippen LogP contribution in [0.3, 0.4) is 0 Å². The van der Waals surface area contributed by atoms with E-state index in [2.05, 4.69) is 53.8 Å². The summed E-state index contributed by atoms with van der Waals surface area (Å²) in [6.45, 7) is 5.66. The Balaban J connectivity index is 1.68. The lowest BCUT2D eigenvalue weighted by atomic mass is 10.0. The first-order valence-electron chi connectivity index (χ1n) is 11.7. The number of carbonyl (C=O) groups is 1. The Hall–Kier alpha value is -3.85. The lowest BCUT2D eigenvalue weighted by Crippen LogP contribution is -2.24. The van der Waals surface area contributed by atoms with Gasteiger partial charge in [0.05, 0.1) is 11.3 Å². The van der Waals surface area contributed by atoms with Gasteiger partial charge in [0.1, 0.15) is 5.60 Å². The molecular weight excluding hydrogens is 418 g/mol. The summed E-state index contributed by atoms with van der Waals surface area (Å²) in [4.78, 5) is 13.1. The Bertz CT molecular complexity index is 1240. The highest BCUT2D eigenvalue weighted by Gasteiger charge is 2.21. The van der Waals surface area contributed by atoms with Gasteiger partial charge >= 0.3 is 5.97 Å². The maximum absolute atomic E-state index is 13.1. The fraction of sp³-hybridized carbons (Fsp3) is 0.194. The van der Waals surface area contributed by atoms with Crippen molar-refractivity contribution in [3.05, 3.63) is 120 Å². The average Bonchev–Trinajstić information content (AvgIpc) is 2.83. The number of hydrogen-bond acceptors (Lipinski definition) is 3. The van der Waals surface area contributed by atoms with Gasteiger partial charge < -0.3 is 10.1 Å². The Morgan fingerprint density at radius 2 is 1.32 bits per heavy atom. The molecule has 0 aliphatic carbocycles. The number of benzene rings is 4. The molecule has 0 spiro atoms. The minimum absolute atomic E-state index is 0.332. The van der Waals surface area contributed by atoms with Gasteiger partial charge in [-0.1, -0.05) is 84.9 Å². The zero-order chi connectivity index (χ0) is 24.0. The monoisotopic (exact) mass is 449 g/mol. The highest BCUT2D eigenvalue weighted by atomic mass is 16.6. The molecule has 0 aliphatic heterocycles. The SMILES string of the molecule is CC(C)(C)OC(=O)c1ccc(CCc2ccccc2)cc1Nc1ccccc1-c1ccccc1. The van der Waals surface area contributed by atoms with E-state index in [0.29, 0.717) is 5.56 Å². The van der Waals surface area contributed by atoms with Gasteiger partial charge in [-0.05, 0) is 68.5 Å². The van der Waals surface area contributed by atoms with E-state index in [9.17, 15) is 4.79 Å². The Morgan fingerprint density at radius 1 is 0.706 bits per heavy atom. The van der Waals surface area contributed by atoms with Crippen LogP contribution in [0.25, 0.3) is 11.1 Å². The fourth-order valence-corrected chi connectivity index (χ4v) is 3.90. The molecule has 0 unspecified atom stereocenters. The van der Waals surface area contributed by atoms with Crippen molar-refractivity contribution in [3.63, 3.8) is 0 Å². The van der Waals surface area contributed by atoms with E-state index in [1.807, 2.05) is 75.4 Å². The van der Waals surface area contributed by atoms with Crippen LogP contribution in [0.4, 0.5) is 11.4 Å². The quantitative estimate of drug-likeness (QED) is 0.292. The predicted molar refractivity (Wildman–Crippen MR) is 141 cm³/mol. The number of para-hydroxylation sites is 1. The number of nitrogens with one attached hydrogen (secondary N) is 1. The molecule has 3 nitrogen and oxygen atoms in total. The van der Waals surface area contributed by atoms with Crippen molar-refractivity contribution in [1.82, 2.24) is 0 Å². The lowest BCUT2D eigenvalue weighted by molar-refractivity contribution is 0.00707. The molecule has 172 valence electrons. The molecule has 34 heavy (non-hydrogen) atoms. The molecule has 0 fully saturated rings. The molecule has 4 aromatic rings. The van der Waals surface area contributed by atoms with Crippen LogP contribution in [0, 0.1) is 0 Å².